The number of halogens is 1. The molecule has 0 spiro atoms. The number of fused-ring (bicyclic) bond motifs is 3. The molecule has 1 aromatic heterocycles. The number of aromatic amines is 1. The maximum absolute atomic E-state index is 13.4. The lowest BCUT2D eigenvalue weighted by Gasteiger charge is -2.26. The lowest BCUT2D eigenvalue weighted by Crippen LogP contribution is -2.39. The fraction of sp³-hybridized carbons (Fsp3) is 0.185. The number of azo groups is 1. The molecule has 0 saturated carbocycles. The van der Waals surface area contributed by atoms with E-state index in [0.29, 0.717) is 19.5 Å². The van der Waals surface area contributed by atoms with Gasteiger partial charge in [0.15, 0.2) is 0 Å². The molecule has 38 heavy (non-hydrogen) atoms. The van der Waals surface area contributed by atoms with Gasteiger partial charge in [-0.25, -0.2) is 4.79 Å². The van der Waals surface area contributed by atoms with Gasteiger partial charge >= 0.3 is 5.97 Å². The number of carbonyl (C=O) groups is 2. The first-order valence-electron chi connectivity index (χ1n) is 12.1. The smallest absolute Gasteiger partial charge is 0.359 e. The minimum Gasteiger partial charge on any atom is -0.405 e. The molecule has 0 fully saturated rings. The minimum absolute atomic E-state index is 0.0148. The summed E-state index contributed by atoms with van der Waals surface area (Å²) in [4.78, 5) is 32.3. The number of H-pyrrole nitrogens is 1. The summed E-state index contributed by atoms with van der Waals surface area (Å²) in [5.74, 6) is -0.755. The molecule has 8 nitrogen and oxygen atoms in total. The largest absolute Gasteiger partial charge is 0.405 e. The monoisotopic (exact) mass is 549 g/mol. The van der Waals surface area contributed by atoms with Crippen molar-refractivity contribution in [1.29, 1.82) is 0 Å². The zero-order chi connectivity index (χ0) is 26.6. The van der Waals surface area contributed by atoms with E-state index in [1.54, 1.807) is 11.0 Å². The molecule has 2 unspecified atom stereocenters. The van der Waals surface area contributed by atoms with Gasteiger partial charge < -0.3 is 19.3 Å². The molecule has 2 atom stereocenters. The molecule has 194 valence electrons. The molecule has 0 aliphatic carbocycles. The Morgan fingerprint density at radius 3 is 2.47 bits per heavy atom. The van der Waals surface area contributed by atoms with Crippen LogP contribution in [-0.4, -0.2) is 36.5 Å². The third kappa shape index (κ3) is 5.59. The lowest BCUT2D eigenvalue weighted by molar-refractivity contribution is -0.117. The van der Waals surface area contributed by atoms with Gasteiger partial charge in [0.05, 0.1) is 17.9 Å². The highest BCUT2D eigenvalue weighted by Crippen LogP contribution is 2.47. The predicted molar refractivity (Wildman–Crippen MR) is 152 cm³/mol. The number of nitrogens with zero attached hydrogens (tertiary/aromatic N) is 4. The van der Waals surface area contributed by atoms with Crippen LogP contribution in [0.3, 0.4) is 0 Å². The number of aromatic nitrogens is 1. The Balaban J connectivity index is 1.29. The summed E-state index contributed by atoms with van der Waals surface area (Å²) in [6.07, 6.45) is 0.664. The van der Waals surface area contributed by atoms with Crippen molar-refractivity contribution in [2.75, 3.05) is 29.4 Å². The summed E-state index contributed by atoms with van der Waals surface area (Å²) in [7, 11) is -0.526. The molecule has 2 heterocycles. The Kier molecular flexibility index (Phi) is 7.77. The van der Waals surface area contributed by atoms with Crippen LogP contribution in [0.25, 0.3) is 10.9 Å². The SMILES string of the molecule is CCN(CC(=O)N1CCc2c1ccc1[nH]c(C(=O)OP(F)P)cc21)c1ccc(N=Nc2ccccc2)cc1. The molecule has 0 bridgehead atoms. The van der Waals surface area contributed by atoms with E-state index in [4.69, 9.17) is 4.52 Å². The van der Waals surface area contributed by atoms with Crippen LogP contribution in [0.1, 0.15) is 23.0 Å². The molecule has 1 amide bonds. The van der Waals surface area contributed by atoms with Crippen molar-refractivity contribution in [2.24, 2.45) is 10.2 Å². The third-order valence-electron chi connectivity index (χ3n) is 6.42. The molecule has 1 aliphatic rings. The summed E-state index contributed by atoms with van der Waals surface area (Å²) in [5, 5.41) is 9.37. The second-order valence-electron chi connectivity index (χ2n) is 8.72. The number of hydrogen-bond donors (Lipinski definition) is 1. The van der Waals surface area contributed by atoms with Crippen molar-refractivity contribution in [3.8, 4) is 0 Å². The maximum Gasteiger partial charge on any atom is 0.359 e. The summed E-state index contributed by atoms with van der Waals surface area (Å²) in [6, 6.07) is 22.6. The highest BCUT2D eigenvalue weighted by atomic mass is 32.0. The first-order chi connectivity index (χ1) is 18.4. The zero-order valence-corrected chi connectivity index (χ0v) is 22.7. The van der Waals surface area contributed by atoms with Crippen molar-refractivity contribution < 1.29 is 18.3 Å². The first-order valence-corrected chi connectivity index (χ1v) is 14.9. The van der Waals surface area contributed by atoms with E-state index in [1.807, 2.05) is 87.5 Å². The van der Waals surface area contributed by atoms with Crippen LogP contribution in [0.4, 0.5) is 26.9 Å². The molecule has 5 rings (SSSR count). The molecular formula is C27H26FN5O3P2. The molecule has 11 heteroatoms. The third-order valence-corrected chi connectivity index (χ3v) is 7.07. The van der Waals surface area contributed by atoms with Gasteiger partial charge in [-0.2, -0.15) is 14.4 Å². The first kappa shape index (κ1) is 26.0. The summed E-state index contributed by atoms with van der Waals surface area (Å²) in [5.41, 5.74) is 5.18. The van der Waals surface area contributed by atoms with Gasteiger partial charge in [0.25, 0.3) is 8.15 Å². The van der Waals surface area contributed by atoms with Crippen LogP contribution in [0.2, 0.25) is 0 Å². The zero-order valence-electron chi connectivity index (χ0n) is 20.7. The molecular weight excluding hydrogens is 523 g/mol. The van der Waals surface area contributed by atoms with Crippen molar-refractivity contribution in [3.63, 3.8) is 0 Å². The van der Waals surface area contributed by atoms with Crippen LogP contribution in [0.5, 0.6) is 0 Å². The quantitative estimate of drug-likeness (QED) is 0.186. The Morgan fingerprint density at radius 2 is 1.79 bits per heavy atom. The van der Waals surface area contributed by atoms with E-state index < -0.39 is 14.1 Å². The number of benzene rings is 3. The van der Waals surface area contributed by atoms with Crippen LogP contribution < -0.4 is 9.80 Å². The summed E-state index contributed by atoms with van der Waals surface area (Å²) < 4.78 is 17.8. The standard InChI is InChI=1S/C27H26FN5O3P2/c1-2-32(20-10-8-19(9-11-20)31-30-18-6-4-3-5-7-18)17-26(34)33-15-14-21-22-16-24(27(35)36-38(28)37)29-23(22)12-13-25(21)33/h3-13,16,29H,2,14-15,17,37H2,1H3. The number of likely N-dealkylation sites (N-methyl/N-ethyl adjacent to an activating group) is 1. The number of nitrogens with one attached hydrogen (secondary N) is 1. The van der Waals surface area contributed by atoms with E-state index in [0.717, 1.165) is 39.2 Å². The highest BCUT2D eigenvalue weighted by molar-refractivity contribution is 8.08. The van der Waals surface area contributed by atoms with E-state index in [-0.39, 0.29) is 18.1 Å². The van der Waals surface area contributed by atoms with E-state index in [2.05, 4.69) is 15.2 Å². The van der Waals surface area contributed by atoms with Crippen LogP contribution in [-0.2, 0) is 15.7 Å². The predicted octanol–water partition coefficient (Wildman–Crippen LogP) is 7.23. The Morgan fingerprint density at radius 1 is 1.08 bits per heavy atom. The Labute approximate surface area is 222 Å². The fourth-order valence-corrected chi connectivity index (χ4v) is 5.13. The van der Waals surface area contributed by atoms with Crippen LogP contribution >= 0.6 is 17.1 Å². The van der Waals surface area contributed by atoms with Gasteiger partial charge in [-0.15, -0.1) is 0 Å². The van der Waals surface area contributed by atoms with Crippen molar-refractivity contribution >= 4 is 62.6 Å². The molecule has 1 N–H and O–H groups in total. The second-order valence-corrected chi connectivity index (χ2v) is 10.7. The summed E-state index contributed by atoms with van der Waals surface area (Å²) >= 11 is 0. The van der Waals surface area contributed by atoms with Crippen molar-refractivity contribution in [1.82, 2.24) is 4.98 Å². The van der Waals surface area contributed by atoms with Crippen LogP contribution in [0.15, 0.2) is 83.0 Å². The molecule has 1 aliphatic heterocycles. The number of hydrogen-bond acceptors (Lipinski definition) is 6. The lowest BCUT2D eigenvalue weighted by atomic mass is 10.1. The fourth-order valence-electron chi connectivity index (χ4n) is 4.58. The molecule has 3 aromatic carbocycles. The normalized spacial score (nSPS) is 13.6. The number of amides is 1. The molecule has 4 aromatic rings. The van der Waals surface area contributed by atoms with Crippen molar-refractivity contribution in [2.45, 2.75) is 13.3 Å². The van der Waals surface area contributed by atoms with Gasteiger partial charge in [0.1, 0.15) is 5.69 Å². The molecule has 0 radical (unpaired) electrons. The Hall–Kier alpha value is -3.67. The van der Waals surface area contributed by atoms with E-state index >= 15 is 0 Å². The van der Waals surface area contributed by atoms with E-state index in [1.165, 1.54) is 0 Å². The van der Waals surface area contributed by atoms with Crippen LogP contribution in [0, 0.1) is 0 Å². The second kappa shape index (κ2) is 11.4. The van der Waals surface area contributed by atoms with E-state index in [9.17, 15) is 13.8 Å². The number of rotatable bonds is 8. The van der Waals surface area contributed by atoms with Gasteiger partial charge in [0.2, 0.25) is 5.91 Å². The van der Waals surface area contributed by atoms with Gasteiger partial charge in [-0.3, -0.25) is 4.79 Å². The topological polar surface area (TPSA) is 90.4 Å². The summed E-state index contributed by atoms with van der Waals surface area (Å²) in [6.45, 7) is 3.44. The van der Waals surface area contributed by atoms with Crippen molar-refractivity contribution in [3.05, 3.63) is 84.1 Å². The Bertz CT molecular complexity index is 1490. The van der Waals surface area contributed by atoms with Gasteiger partial charge in [0, 0.05) is 35.4 Å². The number of anilines is 2. The van der Waals surface area contributed by atoms with Gasteiger partial charge in [-0.1, -0.05) is 18.2 Å². The maximum atomic E-state index is 13.4. The van der Waals surface area contributed by atoms with Gasteiger partial charge in [-0.05, 0) is 82.4 Å². The average molecular weight is 549 g/mol. The average Bonchev–Trinajstić information content (AvgIpc) is 3.56. The number of carbonyl (C=O) groups excluding carboxylic acids is 2. The molecule has 0 saturated heterocycles. The highest BCUT2D eigenvalue weighted by Gasteiger charge is 2.28. The minimum atomic E-state index is -2.38.